The molecule has 1 aromatic heterocycles. The molecule has 2 fully saturated rings. The number of methoxy groups -OCH3 is 2. The molecule has 1 saturated heterocycles. The molecule has 6 nitrogen and oxygen atoms in total. The Morgan fingerprint density at radius 2 is 1.86 bits per heavy atom. The summed E-state index contributed by atoms with van der Waals surface area (Å²) in [5, 5.41) is 10.2. The van der Waals surface area contributed by atoms with Crippen LogP contribution < -0.4 is 9.47 Å². The third-order valence-corrected chi connectivity index (χ3v) is 6.74. The highest BCUT2D eigenvalue weighted by molar-refractivity contribution is 7.99. The summed E-state index contributed by atoms with van der Waals surface area (Å²) in [4.78, 5) is 0. The first-order valence-corrected chi connectivity index (χ1v) is 11.2. The molecule has 7 heteroatoms. The zero-order valence-corrected chi connectivity index (χ0v) is 17.5. The molecule has 0 radical (unpaired) electrons. The van der Waals surface area contributed by atoms with Crippen LogP contribution in [0.25, 0.3) is 11.4 Å². The fraction of sp³-hybridized carbons (Fsp3) is 0.619. The zero-order chi connectivity index (χ0) is 19.3. The molecule has 0 N–H and O–H groups in total. The molecule has 1 saturated carbocycles. The molecule has 1 atom stereocenters. The Kier molecular flexibility index (Phi) is 6.42. The van der Waals surface area contributed by atoms with E-state index in [4.69, 9.17) is 14.2 Å². The zero-order valence-electron chi connectivity index (χ0n) is 16.7. The Labute approximate surface area is 171 Å². The van der Waals surface area contributed by atoms with Gasteiger partial charge in [-0.3, -0.25) is 4.57 Å². The minimum Gasteiger partial charge on any atom is -0.493 e. The van der Waals surface area contributed by atoms with Crippen molar-refractivity contribution in [1.29, 1.82) is 0 Å². The van der Waals surface area contributed by atoms with Crippen molar-refractivity contribution in [2.24, 2.45) is 0 Å². The molecule has 1 unspecified atom stereocenters. The molecule has 28 heavy (non-hydrogen) atoms. The van der Waals surface area contributed by atoms with Gasteiger partial charge in [-0.05, 0) is 43.9 Å². The standard InChI is InChI=1S/C21H29N3O3S/c1-25-18-11-10-15(13-19(18)26-2)20-22-23-21(28-14-17-9-6-12-27-17)24(20)16-7-4-3-5-8-16/h10-11,13,16-17H,3-9,12,14H2,1-2H3. The van der Waals surface area contributed by atoms with Gasteiger partial charge in [-0.15, -0.1) is 10.2 Å². The molecule has 4 rings (SSSR count). The molecule has 0 bridgehead atoms. The van der Waals surface area contributed by atoms with Crippen LogP contribution in [-0.2, 0) is 4.74 Å². The highest BCUT2D eigenvalue weighted by Crippen LogP contribution is 2.38. The second-order valence-corrected chi connectivity index (χ2v) is 8.47. The van der Waals surface area contributed by atoms with Gasteiger partial charge in [0.2, 0.25) is 0 Å². The maximum Gasteiger partial charge on any atom is 0.191 e. The fourth-order valence-corrected chi connectivity index (χ4v) is 5.23. The highest BCUT2D eigenvalue weighted by atomic mass is 32.2. The van der Waals surface area contributed by atoms with Gasteiger partial charge in [0.25, 0.3) is 0 Å². The Morgan fingerprint density at radius 1 is 1.04 bits per heavy atom. The quantitative estimate of drug-likeness (QED) is 0.623. The van der Waals surface area contributed by atoms with E-state index in [0.29, 0.717) is 17.9 Å². The number of hydrogen-bond acceptors (Lipinski definition) is 6. The van der Waals surface area contributed by atoms with Gasteiger partial charge in [0, 0.05) is 24.0 Å². The number of benzene rings is 1. The van der Waals surface area contributed by atoms with E-state index >= 15 is 0 Å². The van der Waals surface area contributed by atoms with Gasteiger partial charge >= 0.3 is 0 Å². The number of hydrogen-bond donors (Lipinski definition) is 0. The topological polar surface area (TPSA) is 58.4 Å². The lowest BCUT2D eigenvalue weighted by atomic mass is 9.95. The Balaban J connectivity index is 1.65. The molecular weight excluding hydrogens is 374 g/mol. The van der Waals surface area contributed by atoms with E-state index in [1.807, 2.05) is 18.2 Å². The van der Waals surface area contributed by atoms with E-state index in [1.54, 1.807) is 26.0 Å². The summed E-state index contributed by atoms with van der Waals surface area (Å²) in [6, 6.07) is 6.43. The van der Waals surface area contributed by atoms with Gasteiger partial charge in [0.15, 0.2) is 22.5 Å². The van der Waals surface area contributed by atoms with Crippen LogP contribution in [0.4, 0.5) is 0 Å². The van der Waals surface area contributed by atoms with Gasteiger partial charge in [-0.2, -0.15) is 0 Å². The minimum atomic E-state index is 0.339. The van der Waals surface area contributed by atoms with Crippen molar-refractivity contribution in [3.63, 3.8) is 0 Å². The minimum absolute atomic E-state index is 0.339. The van der Waals surface area contributed by atoms with Crippen LogP contribution in [0.5, 0.6) is 11.5 Å². The smallest absolute Gasteiger partial charge is 0.191 e. The normalized spacial score (nSPS) is 20.4. The van der Waals surface area contributed by atoms with Crippen LogP contribution in [0.3, 0.4) is 0 Å². The van der Waals surface area contributed by atoms with Crippen molar-refractivity contribution >= 4 is 11.8 Å². The van der Waals surface area contributed by atoms with E-state index in [1.165, 1.54) is 32.1 Å². The molecule has 2 heterocycles. The maximum absolute atomic E-state index is 5.80. The largest absolute Gasteiger partial charge is 0.493 e. The van der Waals surface area contributed by atoms with Crippen LogP contribution in [0.1, 0.15) is 51.0 Å². The fourth-order valence-electron chi connectivity index (χ4n) is 4.16. The third kappa shape index (κ3) is 4.15. The molecule has 1 aromatic carbocycles. The van der Waals surface area contributed by atoms with Crippen molar-refractivity contribution in [2.75, 3.05) is 26.6 Å². The number of nitrogens with zero attached hydrogens (tertiary/aromatic N) is 3. The molecule has 0 spiro atoms. The summed E-state index contributed by atoms with van der Waals surface area (Å²) >= 11 is 1.78. The second-order valence-electron chi connectivity index (χ2n) is 7.48. The third-order valence-electron chi connectivity index (χ3n) is 5.67. The lowest BCUT2D eigenvalue weighted by molar-refractivity contribution is 0.129. The Hall–Kier alpha value is -1.73. The summed E-state index contributed by atoms with van der Waals surface area (Å²) in [5.74, 6) is 3.30. The highest BCUT2D eigenvalue weighted by Gasteiger charge is 2.25. The first-order chi connectivity index (χ1) is 13.8. The van der Waals surface area contributed by atoms with Gasteiger partial charge in [-0.1, -0.05) is 31.0 Å². The molecule has 1 aliphatic heterocycles. The Morgan fingerprint density at radius 3 is 2.57 bits per heavy atom. The first kappa shape index (κ1) is 19.6. The summed E-state index contributed by atoms with van der Waals surface area (Å²) in [7, 11) is 3.32. The van der Waals surface area contributed by atoms with Crippen LogP contribution in [0, 0.1) is 0 Å². The van der Waals surface area contributed by atoms with Crippen LogP contribution in [-0.4, -0.2) is 47.4 Å². The van der Waals surface area contributed by atoms with Crippen LogP contribution in [0.2, 0.25) is 0 Å². The monoisotopic (exact) mass is 403 g/mol. The summed E-state index contributed by atoms with van der Waals surface area (Å²) in [6.07, 6.45) is 8.88. The van der Waals surface area contributed by atoms with Crippen molar-refractivity contribution in [3.05, 3.63) is 18.2 Å². The van der Waals surface area contributed by atoms with Crippen molar-refractivity contribution < 1.29 is 14.2 Å². The average Bonchev–Trinajstić information content (AvgIpc) is 3.42. The van der Waals surface area contributed by atoms with Gasteiger partial charge in [-0.25, -0.2) is 0 Å². The first-order valence-electron chi connectivity index (χ1n) is 10.2. The van der Waals surface area contributed by atoms with Gasteiger partial charge in [0.05, 0.1) is 20.3 Å². The van der Waals surface area contributed by atoms with Crippen molar-refractivity contribution in [2.45, 2.75) is 62.2 Å². The molecule has 2 aromatic rings. The van der Waals surface area contributed by atoms with Crippen LogP contribution in [0.15, 0.2) is 23.4 Å². The number of aromatic nitrogens is 3. The summed E-state index contributed by atoms with van der Waals surface area (Å²) in [6.45, 7) is 0.886. The predicted octanol–water partition coefficient (Wildman–Crippen LogP) is 4.74. The second kappa shape index (κ2) is 9.18. The number of rotatable bonds is 7. The molecule has 152 valence electrons. The van der Waals surface area contributed by atoms with E-state index in [-0.39, 0.29) is 0 Å². The maximum atomic E-state index is 5.80. The van der Waals surface area contributed by atoms with Gasteiger partial charge in [0.1, 0.15) is 0 Å². The van der Waals surface area contributed by atoms with Gasteiger partial charge < -0.3 is 14.2 Å². The molecule has 2 aliphatic rings. The van der Waals surface area contributed by atoms with E-state index in [2.05, 4.69) is 14.8 Å². The predicted molar refractivity (Wildman–Crippen MR) is 110 cm³/mol. The average molecular weight is 404 g/mol. The van der Waals surface area contributed by atoms with E-state index < -0.39 is 0 Å². The molecule has 0 amide bonds. The number of ether oxygens (including phenoxy) is 3. The SMILES string of the molecule is COc1ccc(-c2nnc(SCC3CCCO3)n2C2CCCCC2)cc1OC. The lowest BCUT2D eigenvalue weighted by Crippen LogP contribution is -2.16. The molecular formula is C21H29N3O3S. The molecule has 1 aliphatic carbocycles. The van der Waals surface area contributed by atoms with Crippen LogP contribution >= 0.6 is 11.8 Å². The van der Waals surface area contributed by atoms with Crippen molar-refractivity contribution in [1.82, 2.24) is 14.8 Å². The number of thioether (sulfide) groups is 1. The Bertz CT molecular complexity index is 783. The van der Waals surface area contributed by atoms with Crippen molar-refractivity contribution in [3.8, 4) is 22.9 Å². The van der Waals surface area contributed by atoms with E-state index in [9.17, 15) is 0 Å². The lowest BCUT2D eigenvalue weighted by Gasteiger charge is -2.26. The van der Waals surface area contributed by atoms with E-state index in [0.717, 1.165) is 47.5 Å². The summed E-state index contributed by atoms with van der Waals surface area (Å²) < 4.78 is 19.0. The summed E-state index contributed by atoms with van der Waals surface area (Å²) in [5.41, 5.74) is 1.01.